The Balaban J connectivity index is 0.00000200. The molecule has 4 N–H and O–H groups in total. The van der Waals surface area contributed by atoms with Gasteiger partial charge in [0.15, 0.2) is 5.96 Å². The number of halogens is 1. The number of aliphatic imine (C=N–C) groups is 1. The Morgan fingerprint density at radius 2 is 1.60 bits per heavy atom. The first-order valence-corrected chi connectivity index (χ1v) is 6.67. The van der Waals surface area contributed by atoms with E-state index in [2.05, 4.69) is 46.1 Å². The van der Waals surface area contributed by atoms with Gasteiger partial charge in [0, 0.05) is 32.7 Å². The molecule has 0 radical (unpaired) electrons. The van der Waals surface area contributed by atoms with Crippen molar-refractivity contribution in [3.05, 3.63) is 35.4 Å². The normalized spacial score (nSPS) is 16.4. The van der Waals surface area contributed by atoms with E-state index in [0.29, 0.717) is 6.54 Å². The topological polar surface area (TPSA) is 70.9 Å². The molecule has 20 heavy (non-hydrogen) atoms. The van der Waals surface area contributed by atoms with Gasteiger partial charge in [-0.05, 0) is 18.2 Å². The zero-order chi connectivity index (χ0) is 13.7. The average molecular weight is 389 g/mol. The fourth-order valence-electron chi connectivity index (χ4n) is 2.20. The summed E-state index contributed by atoms with van der Waals surface area (Å²) < 4.78 is 0. The molecule has 5 nitrogen and oxygen atoms in total. The number of benzene rings is 1. The number of rotatable bonds is 4. The molecule has 112 valence electrons. The summed E-state index contributed by atoms with van der Waals surface area (Å²) in [4.78, 5) is 8.87. The van der Waals surface area contributed by atoms with E-state index in [4.69, 9.17) is 11.5 Å². The molecule has 1 aliphatic rings. The van der Waals surface area contributed by atoms with Gasteiger partial charge < -0.3 is 16.4 Å². The smallest absolute Gasteiger partial charge is 0.186 e. The van der Waals surface area contributed by atoms with Crippen molar-refractivity contribution in [3.63, 3.8) is 0 Å². The van der Waals surface area contributed by atoms with Crippen molar-refractivity contribution < 1.29 is 0 Å². The molecule has 0 saturated carbocycles. The van der Waals surface area contributed by atoms with Gasteiger partial charge in [-0.15, -0.1) is 24.0 Å². The van der Waals surface area contributed by atoms with Crippen LogP contribution in [-0.2, 0) is 13.1 Å². The number of nitrogens with zero attached hydrogens (tertiary/aromatic N) is 3. The molecule has 2 rings (SSSR count). The maximum atomic E-state index is 5.32. The van der Waals surface area contributed by atoms with Gasteiger partial charge in [-0.3, -0.25) is 4.90 Å². The van der Waals surface area contributed by atoms with Crippen LogP contribution in [0.5, 0.6) is 0 Å². The maximum absolute atomic E-state index is 5.32. The van der Waals surface area contributed by atoms with Gasteiger partial charge >= 0.3 is 0 Å². The quantitative estimate of drug-likeness (QED) is 0.455. The molecule has 6 heteroatoms. The summed E-state index contributed by atoms with van der Waals surface area (Å²) in [6.45, 7) is 6.18. The third kappa shape index (κ3) is 5.64. The molecule has 1 fully saturated rings. The number of likely N-dealkylation sites (N-methyl/N-ethyl adjacent to an activating group) is 1. The predicted molar refractivity (Wildman–Crippen MR) is 94.1 cm³/mol. The summed E-state index contributed by atoms with van der Waals surface area (Å²) in [6.07, 6.45) is 0. The second-order valence-corrected chi connectivity index (χ2v) is 5.14. The number of piperazine rings is 1. The summed E-state index contributed by atoms with van der Waals surface area (Å²) in [5.74, 6) is 0.140. The first kappa shape index (κ1) is 17.2. The summed E-state index contributed by atoms with van der Waals surface area (Å²) in [5.41, 5.74) is 13.1. The minimum atomic E-state index is 0. The zero-order valence-electron chi connectivity index (χ0n) is 12.0. The van der Waals surface area contributed by atoms with Crippen LogP contribution >= 0.6 is 24.0 Å². The fraction of sp³-hybridized carbons (Fsp3) is 0.500. The Hall–Kier alpha value is -0.860. The first-order chi connectivity index (χ1) is 9.13. The van der Waals surface area contributed by atoms with Crippen LogP contribution in [0.4, 0.5) is 0 Å². The van der Waals surface area contributed by atoms with Crippen molar-refractivity contribution in [2.45, 2.75) is 13.1 Å². The van der Waals surface area contributed by atoms with Crippen LogP contribution in [0.2, 0.25) is 0 Å². The van der Waals surface area contributed by atoms with Crippen molar-refractivity contribution in [3.8, 4) is 0 Å². The molecule has 1 aromatic carbocycles. The lowest BCUT2D eigenvalue weighted by molar-refractivity contribution is 0.148. The molecular formula is C14H24IN5. The molecular weight excluding hydrogens is 365 g/mol. The Bertz CT molecular complexity index is 420. The van der Waals surface area contributed by atoms with Gasteiger partial charge in [0.2, 0.25) is 0 Å². The van der Waals surface area contributed by atoms with Gasteiger partial charge in [-0.25, -0.2) is 4.99 Å². The lowest BCUT2D eigenvalue weighted by atomic mass is 10.1. The predicted octanol–water partition coefficient (Wildman–Crippen LogP) is 0.825. The molecule has 1 heterocycles. The van der Waals surface area contributed by atoms with Crippen LogP contribution in [0.3, 0.4) is 0 Å². The van der Waals surface area contributed by atoms with E-state index in [1.54, 1.807) is 0 Å². The highest BCUT2D eigenvalue weighted by atomic mass is 127. The highest BCUT2D eigenvalue weighted by Gasteiger charge is 2.13. The second-order valence-electron chi connectivity index (χ2n) is 5.14. The maximum Gasteiger partial charge on any atom is 0.186 e. The van der Waals surface area contributed by atoms with Gasteiger partial charge in [0.05, 0.1) is 6.54 Å². The van der Waals surface area contributed by atoms with Crippen LogP contribution in [0, 0.1) is 0 Å². The summed E-state index contributed by atoms with van der Waals surface area (Å²) in [7, 11) is 2.18. The largest absolute Gasteiger partial charge is 0.370 e. The van der Waals surface area contributed by atoms with E-state index in [9.17, 15) is 0 Å². The van der Waals surface area contributed by atoms with Crippen LogP contribution in [0.15, 0.2) is 29.3 Å². The monoisotopic (exact) mass is 389 g/mol. The number of hydrogen-bond acceptors (Lipinski definition) is 3. The van der Waals surface area contributed by atoms with Crippen LogP contribution in [-0.4, -0.2) is 49.0 Å². The van der Waals surface area contributed by atoms with E-state index in [0.717, 1.165) is 38.3 Å². The van der Waals surface area contributed by atoms with Crippen molar-refractivity contribution >= 4 is 29.9 Å². The summed E-state index contributed by atoms with van der Waals surface area (Å²) in [5, 5.41) is 0. The lowest BCUT2D eigenvalue weighted by Crippen LogP contribution is -2.43. The SMILES string of the molecule is CN1CCN(Cc2ccc(CN=C(N)N)cc2)CC1.I. The molecule has 0 spiro atoms. The van der Waals surface area contributed by atoms with Crippen LogP contribution in [0.1, 0.15) is 11.1 Å². The van der Waals surface area contributed by atoms with Gasteiger partial charge in [0.25, 0.3) is 0 Å². The van der Waals surface area contributed by atoms with Crippen LogP contribution < -0.4 is 11.5 Å². The average Bonchev–Trinajstić information content (AvgIpc) is 2.40. The molecule has 0 aromatic heterocycles. The molecule has 1 saturated heterocycles. The summed E-state index contributed by atoms with van der Waals surface area (Å²) >= 11 is 0. The third-order valence-corrected chi connectivity index (χ3v) is 3.47. The standard InChI is InChI=1S/C14H23N5.HI/c1-18-6-8-19(9-7-18)11-13-4-2-12(3-5-13)10-17-14(15)16;/h2-5H,6-11H2,1H3,(H4,15,16,17);1H. The Kier molecular flexibility index (Phi) is 7.25. The number of nitrogens with two attached hydrogens (primary N) is 2. The van der Waals surface area contributed by atoms with E-state index >= 15 is 0 Å². The molecule has 0 unspecified atom stereocenters. The van der Waals surface area contributed by atoms with Crippen molar-refractivity contribution in [2.75, 3.05) is 33.2 Å². The first-order valence-electron chi connectivity index (χ1n) is 6.67. The Labute approximate surface area is 138 Å². The highest BCUT2D eigenvalue weighted by molar-refractivity contribution is 14.0. The minimum absolute atomic E-state index is 0. The zero-order valence-corrected chi connectivity index (χ0v) is 14.3. The molecule has 0 amide bonds. The minimum Gasteiger partial charge on any atom is -0.370 e. The second kappa shape index (κ2) is 8.43. The Morgan fingerprint density at radius 3 is 2.15 bits per heavy atom. The van der Waals surface area contributed by atoms with E-state index in [1.165, 1.54) is 5.56 Å². The van der Waals surface area contributed by atoms with Crippen molar-refractivity contribution in [1.82, 2.24) is 9.80 Å². The number of hydrogen-bond donors (Lipinski definition) is 2. The van der Waals surface area contributed by atoms with E-state index in [1.807, 2.05) is 0 Å². The highest BCUT2D eigenvalue weighted by Crippen LogP contribution is 2.10. The lowest BCUT2D eigenvalue weighted by Gasteiger charge is -2.32. The van der Waals surface area contributed by atoms with Gasteiger partial charge in [-0.1, -0.05) is 24.3 Å². The summed E-state index contributed by atoms with van der Waals surface area (Å²) in [6, 6.07) is 8.52. The van der Waals surface area contributed by atoms with Gasteiger partial charge in [-0.2, -0.15) is 0 Å². The molecule has 1 aromatic rings. The van der Waals surface area contributed by atoms with Crippen molar-refractivity contribution in [1.29, 1.82) is 0 Å². The fourth-order valence-corrected chi connectivity index (χ4v) is 2.20. The molecule has 0 bridgehead atoms. The molecule has 0 atom stereocenters. The van der Waals surface area contributed by atoms with Gasteiger partial charge in [0.1, 0.15) is 0 Å². The molecule has 1 aliphatic heterocycles. The van der Waals surface area contributed by atoms with E-state index < -0.39 is 0 Å². The van der Waals surface area contributed by atoms with Crippen LogP contribution in [0.25, 0.3) is 0 Å². The van der Waals surface area contributed by atoms with E-state index in [-0.39, 0.29) is 29.9 Å². The Morgan fingerprint density at radius 1 is 1.05 bits per heavy atom. The number of guanidine groups is 1. The molecule has 0 aliphatic carbocycles. The third-order valence-electron chi connectivity index (χ3n) is 3.47. The van der Waals surface area contributed by atoms with Crippen molar-refractivity contribution in [2.24, 2.45) is 16.5 Å².